The lowest BCUT2D eigenvalue weighted by Gasteiger charge is -2.32. The number of aryl methyl sites for hydroxylation is 1. The van der Waals surface area contributed by atoms with E-state index in [0.29, 0.717) is 6.04 Å². The van der Waals surface area contributed by atoms with Gasteiger partial charge in [0.1, 0.15) is 0 Å². The maximum Gasteiger partial charge on any atom is 0.223 e. The Morgan fingerprint density at radius 3 is 2.66 bits per heavy atom. The van der Waals surface area contributed by atoms with Crippen LogP contribution >= 0.6 is 11.3 Å². The summed E-state index contributed by atoms with van der Waals surface area (Å²) in [5.74, 6) is 0.717. The van der Waals surface area contributed by atoms with Crippen LogP contribution in [0.25, 0.3) is 21.8 Å². The molecule has 1 N–H and O–H groups in total. The second-order valence-corrected chi connectivity index (χ2v) is 9.00. The van der Waals surface area contributed by atoms with Crippen molar-refractivity contribution in [2.75, 3.05) is 43.4 Å². The zero-order chi connectivity index (χ0) is 19.8. The quantitative estimate of drug-likeness (QED) is 0.693. The zero-order valence-electron chi connectivity index (χ0n) is 16.9. The molecule has 5 rings (SSSR count). The lowest BCUT2D eigenvalue weighted by atomic mass is 10.1. The van der Waals surface area contributed by atoms with Gasteiger partial charge in [-0.25, -0.2) is 15.0 Å². The molecule has 6 nitrogen and oxygen atoms in total. The van der Waals surface area contributed by atoms with E-state index in [9.17, 15) is 0 Å². The Bertz CT molecular complexity index is 1000. The molecule has 1 saturated heterocycles. The summed E-state index contributed by atoms with van der Waals surface area (Å²) in [6.45, 7) is 6.28. The molecule has 0 radical (unpaired) electrons. The topological polar surface area (TPSA) is 57.2 Å². The van der Waals surface area contributed by atoms with Gasteiger partial charge in [-0.15, -0.1) is 0 Å². The molecule has 0 unspecified atom stereocenters. The number of anilines is 2. The molecule has 2 fully saturated rings. The van der Waals surface area contributed by atoms with Crippen LogP contribution in [0.1, 0.15) is 18.4 Å². The van der Waals surface area contributed by atoms with Gasteiger partial charge in [-0.3, -0.25) is 0 Å². The smallest absolute Gasteiger partial charge is 0.223 e. The van der Waals surface area contributed by atoms with Crippen molar-refractivity contribution in [3.63, 3.8) is 0 Å². The number of hydrogen-bond acceptors (Lipinski definition) is 7. The first-order valence-corrected chi connectivity index (χ1v) is 11.1. The summed E-state index contributed by atoms with van der Waals surface area (Å²) in [5, 5.41) is 4.50. The molecule has 150 valence electrons. The van der Waals surface area contributed by atoms with Crippen molar-refractivity contribution in [3.05, 3.63) is 42.1 Å². The number of rotatable bonds is 5. The molecular weight excluding hydrogens is 380 g/mol. The van der Waals surface area contributed by atoms with Gasteiger partial charge in [-0.05, 0) is 38.9 Å². The van der Waals surface area contributed by atoms with E-state index in [1.165, 1.54) is 18.4 Å². The van der Waals surface area contributed by atoms with Gasteiger partial charge in [-0.1, -0.05) is 35.1 Å². The van der Waals surface area contributed by atoms with E-state index in [-0.39, 0.29) is 0 Å². The second kappa shape index (κ2) is 7.72. The fourth-order valence-corrected chi connectivity index (χ4v) is 4.68. The lowest BCUT2D eigenvalue weighted by molar-refractivity contribution is 0.313. The minimum absolute atomic E-state index is 0.531. The monoisotopic (exact) mass is 406 g/mol. The first-order valence-electron chi connectivity index (χ1n) is 10.3. The molecule has 3 heterocycles. The van der Waals surface area contributed by atoms with Crippen LogP contribution in [0, 0.1) is 6.92 Å². The molecule has 1 aromatic carbocycles. The van der Waals surface area contributed by atoms with Crippen LogP contribution in [0.15, 0.2) is 36.5 Å². The van der Waals surface area contributed by atoms with Gasteiger partial charge in [-0.2, -0.15) is 0 Å². The number of thiazole rings is 1. The van der Waals surface area contributed by atoms with Gasteiger partial charge in [0.25, 0.3) is 0 Å². The molecule has 0 bridgehead atoms. The summed E-state index contributed by atoms with van der Waals surface area (Å²) in [4.78, 5) is 20.2. The Morgan fingerprint density at radius 2 is 1.90 bits per heavy atom. The van der Waals surface area contributed by atoms with Gasteiger partial charge < -0.3 is 15.1 Å². The van der Waals surface area contributed by atoms with Crippen molar-refractivity contribution in [2.24, 2.45) is 0 Å². The lowest BCUT2D eigenvalue weighted by Crippen LogP contribution is -2.44. The fourth-order valence-electron chi connectivity index (χ4n) is 3.57. The van der Waals surface area contributed by atoms with Crippen LogP contribution in [0.3, 0.4) is 0 Å². The predicted octanol–water partition coefficient (Wildman–Crippen LogP) is 3.90. The summed E-state index contributed by atoms with van der Waals surface area (Å²) < 4.78 is 0. The van der Waals surface area contributed by atoms with E-state index < -0.39 is 0 Å². The first-order chi connectivity index (χ1) is 14.2. The van der Waals surface area contributed by atoms with E-state index in [0.717, 1.165) is 59.1 Å². The summed E-state index contributed by atoms with van der Waals surface area (Å²) in [7, 11) is 2.18. The third-order valence-electron chi connectivity index (χ3n) is 5.48. The van der Waals surface area contributed by atoms with E-state index >= 15 is 0 Å². The van der Waals surface area contributed by atoms with Crippen LogP contribution in [0.4, 0.5) is 11.1 Å². The molecule has 2 aromatic heterocycles. The molecule has 7 heteroatoms. The molecule has 0 atom stereocenters. The SMILES string of the molecule is Cc1cccc(-c2nc(N3CCN(C)CC3)sc2-c2ccnc(NC3CC3)n2)c1. The van der Waals surface area contributed by atoms with Crippen molar-refractivity contribution in [1.29, 1.82) is 0 Å². The number of nitrogens with zero attached hydrogens (tertiary/aromatic N) is 5. The molecular formula is C22H26N6S. The standard InChI is InChI=1S/C22H26N6S/c1-15-4-3-5-16(14-15)19-20(18-8-9-23-21(25-18)24-17-6-7-17)29-22(26-19)28-12-10-27(2)11-13-28/h3-5,8-9,14,17H,6-7,10-13H2,1-2H3,(H,23,24,25). The van der Waals surface area contributed by atoms with Gasteiger partial charge in [0.15, 0.2) is 5.13 Å². The molecule has 0 spiro atoms. The second-order valence-electron chi connectivity index (χ2n) is 8.02. The molecule has 29 heavy (non-hydrogen) atoms. The molecule has 2 aliphatic rings. The summed E-state index contributed by atoms with van der Waals surface area (Å²) >= 11 is 1.74. The van der Waals surface area contributed by atoms with E-state index in [4.69, 9.17) is 9.97 Å². The number of hydrogen-bond donors (Lipinski definition) is 1. The van der Waals surface area contributed by atoms with Crippen LogP contribution in [-0.2, 0) is 0 Å². The number of likely N-dealkylation sites (N-methyl/N-ethyl adjacent to an activating group) is 1. The van der Waals surface area contributed by atoms with Crippen LogP contribution in [0.2, 0.25) is 0 Å². The van der Waals surface area contributed by atoms with Crippen molar-refractivity contribution >= 4 is 22.4 Å². The Labute approximate surface area is 175 Å². The molecule has 3 aromatic rings. The highest BCUT2D eigenvalue weighted by atomic mass is 32.1. The highest BCUT2D eigenvalue weighted by molar-refractivity contribution is 7.19. The Morgan fingerprint density at radius 1 is 1.07 bits per heavy atom. The van der Waals surface area contributed by atoms with Gasteiger partial charge in [0, 0.05) is 44.0 Å². The summed E-state index contributed by atoms with van der Waals surface area (Å²) in [5.41, 5.74) is 4.34. The first kappa shape index (κ1) is 18.5. The van der Waals surface area contributed by atoms with E-state index in [2.05, 4.69) is 58.3 Å². The normalized spacial score (nSPS) is 17.5. The Kier molecular flexibility index (Phi) is 4.93. The largest absolute Gasteiger partial charge is 0.351 e. The third kappa shape index (κ3) is 4.11. The van der Waals surface area contributed by atoms with Crippen molar-refractivity contribution in [2.45, 2.75) is 25.8 Å². The summed E-state index contributed by atoms with van der Waals surface area (Å²) in [6, 6.07) is 11.1. The highest BCUT2D eigenvalue weighted by Gasteiger charge is 2.24. The average Bonchev–Trinajstić information content (AvgIpc) is 3.43. The van der Waals surface area contributed by atoms with E-state index in [1.807, 2.05) is 12.3 Å². The predicted molar refractivity (Wildman–Crippen MR) is 120 cm³/mol. The van der Waals surface area contributed by atoms with Gasteiger partial charge in [0.2, 0.25) is 5.95 Å². The van der Waals surface area contributed by atoms with Crippen LogP contribution in [-0.4, -0.2) is 59.1 Å². The van der Waals surface area contributed by atoms with E-state index in [1.54, 1.807) is 11.3 Å². The number of benzene rings is 1. The molecule has 1 aliphatic carbocycles. The maximum absolute atomic E-state index is 5.09. The minimum Gasteiger partial charge on any atom is -0.351 e. The maximum atomic E-state index is 5.09. The number of piperazine rings is 1. The van der Waals surface area contributed by atoms with Gasteiger partial charge in [0.05, 0.1) is 16.3 Å². The average molecular weight is 407 g/mol. The number of nitrogens with one attached hydrogen (secondary N) is 1. The Hall–Kier alpha value is -2.51. The van der Waals surface area contributed by atoms with Crippen LogP contribution < -0.4 is 10.2 Å². The van der Waals surface area contributed by atoms with Crippen molar-refractivity contribution in [3.8, 4) is 21.8 Å². The zero-order valence-corrected chi connectivity index (χ0v) is 17.7. The minimum atomic E-state index is 0.531. The number of aromatic nitrogens is 3. The van der Waals surface area contributed by atoms with Crippen molar-refractivity contribution < 1.29 is 0 Å². The summed E-state index contributed by atoms with van der Waals surface area (Å²) in [6.07, 6.45) is 4.26. The molecule has 1 aliphatic heterocycles. The van der Waals surface area contributed by atoms with Crippen molar-refractivity contribution in [1.82, 2.24) is 19.9 Å². The van der Waals surface area contributed by atoms with Crippen LogP contribution in [0.5, 0.6) is 0 Å². The van der Waals surface area contributed by atoms with Gasteiger partial charge >= 0.3 is 0 Å². The Balaban J connectivity index is 1.55. The fraction of sp³-hybridized carbons (Fsp3) is 0.409. The third-order valence-corrected chi connectivity index (χ3v) is 6.62. The molecule has 0 amide bonds. The highest BCUT2D eigenvalue weighted by Crippen LogP contribution is 2.40. The molecule has 1 saturated carbocycles.